The van der Waals surface area contributed by atoms with E-state index in [1.54, 1.807) is 45.1 Å². The van der Waals surface area contributed by atoms with Gasteiger partial charge in [-0.3, -0.25) is 9.59 Å². The zero-order chi connectivity index (χ0) is 21.3. The van der Waals surface area contributed by atoms with Crippen LogP contribution in [-0.4, -0.2) is 52.5 Å². The molecule has 0 aliphatic carbocycles. The second-order valence-electron chi connectivity index (χ2n) is 8.04. The molecule has 2 heterocycles. The van der Waals surface area contributed by atoms with Crippen LogP contribution in [0, 0.1) is 11.8 Å². The molecule has 0 unspecified atom stereocenters. The lowest BCUT2D eigenvalue weighted by Gasteiger charge is -2.24. The van der Waals surface area contributed by atoms with Crippen molar-refractivity contribution in [2.75, 3.05) is 13.1 Å². The first-order valence-corrected chi connectivity index (χ1v) is 9.42. The summed E-state index contributed by atoms with van der Waals surface area (Å²) in [6.45, 7) is 7.45. The molecule has 2 aliphatic rings. The quantitative estimate of drug-likeness (QED) is 0.572. The number of allylic oxidation sites excluding steroid dienone is 1. The van der Waals surface area contributed by atoms with Crippen molar-refractivity contribution in [3.63, 3.8) is 0 Å². The minimum atomic E-state index is -0.742. The van der Waals surface area contributed by atoms with Crippen molar-refractivity contribution in [3.8, 4) is 0 Å². The molecule has 0 saturated carbocycles. The molecule has 0 spiro atoms. The number of amides is 3. The van der Waals surface area contributed by atoms with Crippen molar-refractivity contribution >= 4 is 23.9 Å². The van der Waals surface area contributed by atoms with Crippen LogP contribution in [0.15, 0.2) is 36.4 Å². The fraction of sp³-hybridized carbons (Fsp3) is 0.429. The molecule has 29 heavy (non-hydrogen) atoms. The number of ether oxygens (including phenoxy) is 1. The van der Waals surface area contributed by atoms with Crippen LogP contribution in [0.5, 0.6) is 0 Å². The lowest BCUT2D eigenvalue weighted by Crippen LogP contribution is -2.38. The van der Waals surface area contributed by atoms with Gasteiger partial charge in [-0.1, -0.05) is 29.3 Å². The van der Waals surface area contributed by atoms with Crippen LogP contribution in [0.2, 0.25) is 0 Å². The van der Waals surface area contributed by atoms with Gasteiger partial charge in [-0.05, 0) is 39.8 Å². The number of imide groups is 1. The van der Waals surface area contributed by atoms with Crippen molar-refractivity contribution in [3.05, 3.63) is 47.5 Å². The molecule has 3 amide bonds. The fourth-order valence-electron chi connectivity index (χ4n) is 3.40. The molecule has 0 N–H and O–H groups in total. The van der Waals surface area contributed by atoms with Crippen molar-refractivity contribution < 1.29 is 28.8 Å². The molecule has 1 aromatic rings. The zero-order valence-corrected chi connectivity index (χ0v) is 16.9. The predicted molar refractivity (Wildman–Crippen MR) is 103 cm³/mol. The number of nitrogens with zero attached hydrogens (tertiary/aromatic N) is 2. The van der Waals surface area contributed by atoms with Crippen LogP contribution in [0.3, 0.4) is 0 Å². The third-order valence-electron chi connectivity index (χ3n) is 4.70. The SMILES string of the molecule is C/C=C/[C@@H]1CN(C(=O)OC(C)(C)C)C[C@H]1C(=O)ON1C(=O)c2ccccc2C1=O. The highest BCUT2D eigenvalue weighted by molar-refractivity contribution is 6.20. The van der Waals surface area contributed by atoms with E-state index < -0.39 is 35.4 Å². The third-order valence-corrected chi connectivity index (χ3v) is 4.70. The Kier molecular flexibility index (Phi) is 5.46. The number of benzene rings is 1. The van der Waals surface area contributed by atoms with Gasteiger partial charge in [0.2, 0.25) is 0 Å². The van der Waals surface area contributed by atoms with E-state index in [2.05, 4.69) is 0 Å². The Morgan fingerprint density at radius 1 is 1.07 bits per heavy atom. The molecule has 154 valence electrons. The van der Waals surface area contributed by atoms with Gasteiger partial charge in [0.15, 0.2) is 0 Å². The minimum absolute atomic E-state index is 0.0753. The van der Waals surface area contributed by atoms with E-state index >= 15 is 0 Å². The molecule has 0 radical (unpaired) electrons. The standard InChI is InChI=1S/C21H24N2O6/c1-5-8-13-11-22(20(27)28-21(2,3)4)12-16(13)19(26)29-23-17(24)14-9-6-7-10-15(14)18(23)25/h5-10,13,16H,11-12H2,1-4H3/b8-5+/t13-,16-/m1/s1. The van der Waals surface area contributed by atoms with Crippen LogP contribution in [0.4, 0.5) is 4.79 Å². The maximum atomic E-state index is 12.8. The van der Waals surface area contributed by atoms with Gasteiger partial charge in [0, 0.05) is 19.0 Å². The predicted octanol–water partition coefficient (Wildman–Crippen LogP) is 2.80. The first kappa shape index (κ1) is 20.6. The number of hydrogen-bond acceptors (Lipinski definition) is 6. The fourth-order valence-corrected chi connectivity index (χ4v) is 3.40. The van der Waals surface area contributed by atoms with Gasteiger partial charge in [-0.15, -0.1) is 0 Å². The van der Waals surface area contributed by atoms with Gasteiger partial charge in [0.25, 0.3) is 11.8 Å². The average Bonchev–Trinajstić information content (AvgIpc) is 3.17. The maximum Gasteiger partial charge on any atom is 0.410 e. The maximum absolute atomic E-state index is 12.8. The molecule has 3 rings (SSSR count). The second-order valence-corrected chi connectivity index (χ2v) is 8.04. The summed E-state index contributed by atoms with van der Waals surface area (Å²) in [5, 5.41) is 0.496. The summed E-state index contributed by atoms with van der Waals surface area (Å²) in [5.41, 5.74) is -0.277. The molecule has 0 aromatic heterocycles. The molecule has 0 bridgehead atoms. The Balaban J connectivity index is 1.73. The minimum Gasteiger partial charge on any atom is -0.444 e. The smallest absolute Gasteiger partial charge is 0.410 e. The second kappa shape index (κ2) is 7.69. The Morgan fingerprint density at radius 2 is 1.66 bits per heavy atom. The highest BCUT2D eigenvalue weighted by atomic mass is 16.7. The summed E-state index contributed by atoms with van der Waals surface area (Å²) in [6, 6.07) is 6.28. The molecule has 2 aliphatic heterocycles. The van der Waals surface area contributed by atoms with Gasteiger partial charge in [-0.2, -0.15) is 0 Å². The summed E-state index contributed by atoms with van der Waals surface area (Å²) < 4.78 is 5.38. The van der Waals surface area contributed by atoms with E-state index in [1.807, 2.05) is 6.92 Å². The van der Waals surface area contributed by atoms with Crippen LogP contribution < -0.4 is 0 Å². The highest BCUT2D eigenvalue weighted by Crippen LogP contribution is 2.29. The number of hydroxylamine groups is 2. The van der Waals surface area contributed by atoms with Crippen molar-refractivity contribution in [1.82, 2.24) is 9.96 Å². The Hall–Kier alpha value is -3.16. The number of fused-ring (bicyclic) bond motifs is 1. The first-order valence-electron chi connectivity index (χ1n) is 9.42. The summed E-state index contributed by atoms with van der Waals surface area (Å²) in [6.07, 6.45) is 3.06. The number of carbonyl (C=O) groups excluding carboxylic acids is 4. The highest BCUT2D eigenvalue weighted by Gasteiger charge is 2.44. The molecule has 8 heteroatoms. The van der Waals surface area contributed by atoms with Gasteiger partial charge in [-0.25, -0.2) is 9.59 Å². The number of rotatable bonds is 3. The van der Waals surface area contributed by atoms with E-state index in [4.69, 9.17) is 9.57 Å². The zero-order valence-electron chi connectivity index (χ0n) is 16.9. The van der Waals surface area contributed by atoms with E-state index in [-0.39, 0.29) is 30.1 Å². The van der Waals surface area contributed by atoms with Gasteiger partial charge in [0.1, 0.15) is 5.60 Å². The Labute approximate surface area is 169 Å². The average molecular weight is 400 g/mol. The molecule has 8 nitrogen and oxygen atoms in total. The lowest BCUT2D eigenvalue weighted by atomic mass is 9.96. The van der Waals surface area contributed by atoms with E-state index in [0.717, 1.165) is 0 Å². The van der Waals surface area contributed by atoms with E-state index in [9.17, 15) is 19.2 Å². The molecular weight excluding hydrogens is 376 g/mol. The molecule has 2 atom stereocenters. The van der Waals surface area contributed by atoms with Crippen molar-refractivity contribution in [2.45, 2.75) is 33.3 Å². The van der Waals surface area contributed by atoms with Gasteiger partial charge < -0.3 is 14.5 Å². The van der Waals surface area contributed by atoms with E-state index in [1.165, 1.54) is 17.0 Å². The van der Waals surface area contributed by atoms with Gasteiger partial charge >= 0.3 is 12.1 Å². The molecule has 1 aromatic carbocycles. The van der Waals surface area contributed by atoms with Crippen molar-refractivity contribution in [1.29, 1.82) is 0 Å². The monoisotopic (exact) mass is 400 g/mol. The van der Waals surface area contributed by atoms with Crippen molar-refractivity contribution in [2.24, 2.45) is 11.8 Å². The van der Waals surface area contributed by atoms with Crippen LogP contribution >= 0.6 is 0 Å². The number of likely N-dealkylation sites (tertiary alicyclic amines) is 1. The number of hydrogen-bond donors (Lipinski definition) is 0. The largest absolute Gasteiger partial charge is 0.444 e. The molecular formula is C21H24N2O6. The normalized spacial score (nSPS) is 21.7. The van der Waals surface area contributed by atoms with E-state index in [0.29, 0.717) is 5.06 Å². The lowest BCUT2D eigenvalue weighted by molar-refractivity contribution is -0.174. The summed E-state index contributed by atoms with van der Waals surface area (Å²) >= 11 is 0. The van der Waals surface area contributed by atoms with Crippen LogP contribution in [0.25, 0.3) is 0 Å². The molecule has 1 saturated heterocycles. The topological polar surface area (TPSA) is 93.2 Å². The van der Waals surface area contributed by atoms with Gasteiger partial charge in [0.05, 0.1) is 17.0 Å². The third kappa shape index (κ3) is 4.16. The van der Waals surface area contributed by atoms with Crippen LogP contribution in [-0.2, 0) is 14.4 Å². The first-order chi connectivity index (χ1) is 13.6. The summed E-state index contributed by atoms with van der Waals surface area (Å²) in [7, 11) is 0. The Bertz CT molecular complexity index is 850. The summed E-state index contributed by atoms with van der Waals surface area (Å²) in [4.78, 5) is 56.7. The number of carbonyl (C=O) groups is 4. The Morgan fingerprint density at radius 3 is 2.17 bits per heavy atom. The molecule has 1 fully saturated rings. The summed E-state index contributed by atoms with van der Waals surface area (Å²) in [5.74, 6) is -3.13. The van der Waals surface area contributed by atoms with Crippen LogP contribution in [0.1, 0.15) is 48.4 Å².